The zero-order valence-corrected chi connectivity index (χ0v) is 13.9. The van der Waals surface area contributed by atoms with Gasteiger partial charge in [-0.05, 0) is 43.2 Å². The molecule has 1 aromatic carbocycles. The number of hydrogen-bond donors (Lipinski definition) is 0. The number of fused-ring (bicyclic) bond motifs is 3. The topological polar surface area (TPSA) is 33.5 Å². The molecule has 0 atom stereocenters. The fraction of sp³-hybridized carbons (Fsp3) is 0.278. The molecule has 0 aliphatic carbocycles. The van der Waals surface area contributed by atoms with Gasteiger partial charge in [-0.2, -0.15) is 0 Å². The molecule has 0 spiro atoms. The van der Waals surface area contributed by atoms with E-state index in [2.05, 4.69) is 4.90 Å². The second kappa shape index (κ2) is 5.73. The van der Waals surface area contributed by atoms with E-state index in [-0.39, 0.29) is 11.7 Å². The van der Waals surface area contributed by atoms with Crippen LogP contribution in [0.4, 0.5) is 0 Å². The number of rotatable bonds is 2. The Labute approximate surface area is 144 Å². The number of piperidine rings is 3. The molecular weight excluding hydrogens is 333 g/mol. The maximum Gasteiger partial charge on any atom is 0.182 e. The van der Waals surface area contributed by atoms with Gasteiger partial charge >= 0.3 is 0 Å². The number of furan rings is 1. The number of allylic oxidation sites excluding steroid dienone is 1. The van der Waals surface area contributed by atoms with E-state index in [1.165, 1.54) is 0 Å². The van der Waals surface area contributed by atoms with E-state index in [4.69, 9.17) is 27.6 Å². The molecule has 3 fully saturated rings. The predicted octanol–water partition coefficient (Wildman–Crippen LogP) is 4.89. The monoisotopic (exact) mass is 347 g/mol. The van der Waals surface area contributed by atoms with Gasteiger partial charge in [-0.1, -0.05) is 23.2 Å². The van der Waals surface area contributed by atoms with Gasteiger partial charge < -0.3 is 9.32 Å². The predicted molar refractivity (Wildman–Crippen MR) is 91.4 cm³/mol. The summed E-state index contributed by atoms with van der Waals surface area (Å²) >= 11 is 12.1. The third-order valence-electron chi connectivity index (χ3n) is 4.56. The fourth-order valence-electron chi connectivity index (χ4n) is 3.31. The highest BCUT2D eigenvalue weighted by molar-refractivity contribution is 6.36. The van der Waals surface area contributed by atoms with Crippen LogP contribution in [0.5, 0.6) is 0 Å². The summed E-state index contributed by atoms with van der Waals surface area (Å²) in [5.41, 5.74) is 1.56. The van der Waals surface area contributed by atoms with E-state index in [1.54, 1.807) is 12.1 Å². The fourth-order valence-corrected chi connectivity index (χ4v) is 3.81. The number of carbonyl (C=O) groups is 1. The first-order chi connectivity index (χ1) is 11.1. The Balaban J connectivity index is 1.66. The van der Waals surface area contributed by atoms with Crippen molar-refractivity contribution < 1.29 is 9.21 Å². The summed E-state index contributed by atoms with van der Waals surface area (Å²) in [6, 6.07) is 9.02. The lowest BCUT2D eigenvalue weighted by molar-refractivity contribution is -0.125. The molecule has 0 saturated carbocycles. The first kappa shape index (κ1) is 14.9. The van der Waals surface area contributed by atoms with Gasteiger partial charge in [0.2, 0.25) is 0 Å². The first-order valence-electron chi connectivity index (χ1n) is 7.68. The summed E-state index contributed by atoms with van der Waals surface area (Å²) in [5, 5.41) is 1.13. The summed E-state index contributed by atoms with van der Waals surface area (Å²) < 4.78 is 5.87. The summed E-state index contributed by atoms with van der Waals surface area (Å²) in [5.74, 6) is 1.76. The number of halogens is 2. The van der Waals surface area contributed by atoms with Gasteiger partial charge in [0.15, 0.2) is 5.78 Å². The van der Waals surface area contributed by atoms with Crippen molar-refractivity contribution >= 4 is 35.1 Å². The average Bonchev–Trinajstić information content (AvgIpc) is 2.99. The first-order valence-corrected chi connectivity index (χ1v) is 8.43. The van der Waals surface area contributed by atoms with Crippen LogP contribution >= 0.6 is 23.2 Å². The molecule has 0 radical (unpaired) electrons. The van der Waals surface area contributed by atoms with Gasteiger partial charge in [0.1, 0.15) is 11.5 Å². The normalized spacial score (nSPS) is 19.8. The zero-order valence-electron chi connectivity index (χ0n) is 12.4. The largest absolute Gasteiger partial charge is 0.457 e. The molecule has 3 saturated heterocycles. The van der Waals surface area contributed by atoms with Gasteiger partial charge in [0.05, 0.1) is 10.7 Å². The maximum atomic E-state index is 12.4. The van der Waals surface area contributed by atoms with Crippen molar-refractivity contribution in [1.82, 2.24) is 4.90 Å². The van der Waals surface area contributed by atoms with E-state index < -0.39 is 0 Å². The molecule has 5 rings (SSSR count). The van der Waals surface area contributed by atoms with Gasteiger partial charge in [0.25, 0.3) is 0 Å². The summed E-state index contributed by atoms with van der Waals surface area (Å²) in [7, 11) is 0. The molecule has 1 aromatic heterocycles. The standard InChI is InChI=1S/C18H15Cl2NO2/c19-12-1-3-14(15(20)9-12)17-4-2-13(23-17)10-16-18(22)11-5-7-21(16)8-6-11/h1-4,9-11H,5-8H2. The average molecular weight is 348 g/mol. The molecule has 23 heavy (non-hydrogen) atoms. The Bertz CT molecular complexity index is 801. The number of hydrogen-bond acceptors (Lipinski definition) is 3. The van der Waals surface area contributed by atoms with Gasteiger partial charge in [-0.3, -0.25) is 4.79 Å². The second-order valence-electron chi connectivity index (χ2n) is 5.98. The number of benzene rings is 1. The molecule has 3 aliphatic heterocycles. The minimum absolute atomic E-state index is 0.186. The Kier molecular flexibility index (Phi) is 3.70. The van der Waals surface area contributed by atoms with Crippen LogP contribution in [0.3, 0.4) is 0 Å². The Morgan fingerprint density at radius 1 is 1.13 bits per heavy atom. The number of nitrogens with zero attached hydrogens (tertiary/aromatic N) is 1. The molecule has 0 amide bonds. The highest BCUT2D eigenvalue weighted by atomic mass is 35.5. The van der Waals surface area contributed by atoms with Crippen molar-refractivity contribution in [2.45, 2.75) is 12.8 Å². The number of ketones is 1. The van der Waals surface area contributed by atoms with Crippen molar-refractivity contribution in [3.63, 3.8) is 0 Å². The van der Waals surface area contributed by atoms with Gasteiger partial charge in [0, 0.05) is 35.7 Å². The summed E-state index contributed by atoms with van der Waals surface area (Å²) in [6.45, 7) is 1.91. The molecule has 3 nitrogen and oxygen atoms in total. The van der Waals surface area contributed by atoms with Crippen LogP contribution in [0, 0.1) is 5.92 Å². The molecule has 118 valence electrons. The van der Waals surface area contributed by atoms with E-state index in [0.29, 0.717) is 21.6 Å². The van der Waals surface area contributed by atoms with Crippen LogP contribution in [0.2, 0.25) is 10.0 Å². The summed E-state index contributed by atoms with van der Waals surface area (Å²) in [6.07, 6.45) is 3.79. The van der Waals surface area contributed by atoms with Crippen LogP contribution < -0.4 is 0 Å². The number of Topliss-reactive ketones (excluding diaryl/α,β-unsaturated/α-hetero) is 1. The molecule has 0 N–H and O–H groups in total. The SMILES string of the molecule is O=C1C(=Cc2ccc(-c3ccc(Cl)cc3Cl)o2)N2CCC1CC2. The molecule has 2 aromatic rings. The van der Waals surface area contributed by atoms with Crippen LogP contribution in [0.15, 0.2) is 40.4 Å². The lowest BCUT2D eigenvalue weighted by Crippen LogP contribution is -2.45. The van der Waals surface area contributed by atoms with Crippen molar-refractivity contribution in [2.24, 2.45) is 5.92 Å². The second-order valence-corrected chi connectivity index (χ2v) is 6.82. The molecule has 5 heteroatoms. The lowest BCUT2D eigenvalue weighted by Gasteiger charge is -2.40. The third kappa shape index (κ3) is 2.68. The zero-order chi connectivity index (χ0) is 16.0. The quantitative estimate of drug-likeness (QED) is 0.725. The van der Waals surface area contributed by atoms with E-state index in [0.717, 1.165) is 37.2 Å². The molecular formula is C18H15Cl2NO2. The Hall–Kier alpha value is -1.71. The van der Waals surface area contributed by atoms with Crippen molar-refractivity contribution in [3.05, 3.63) is 51.8 Å². The Morgan fingerprint density at radius 2 is 1.91 bits per heavy atom. The highest BCUT2D eigenvalue weighted by Crippen LogP contribution is 2.35. The minimum Gasteiger partial charge on any atom is -0.457 e. The Morgan fingerprint density at radius 3 is 2.61 bits per heavy atom. The smallest absolute Gasteiger partial charge is 0.182 e. The highest BCUT2D eigenvalue weighted by Gasteiger charge is 2.36. The molecule has 0 unspecified atom stereocenters. The maximum absolute atomic E-state index is 12.4. The van der Waals surface area contributed by atoms with E-state index in [1.807, 2.05) is 24.3 Å². The van der Waals surface area contributed by atoms with Crippen LogP contribution in [-0.4, -0.2) is 23.8 Å². The van der Waals surface area contributed by atoms with Gasteiger partial charge in [-0.25, -0.2) is 0 Å². The number of carbonyl (C=O) groups excluding carboxylic acids is 1. The summed E-state index contributed by atoms with van der Waals surface area (Å²) in [4.78, 5) is 14.5. The van der Waals surface area contributed by atoms with Crippen molar-refractivity contribution in [3.8, 4) is 11.3 Å². The van der Waals surface area contributed by atoms with Gasteiger partial charge in [-0.15, -0.1) is 0 Å². The minimum atomic E-state index is 0.186. The van der Waals surface area contributed by atoms with E-state index >= 15 is 0 Å². The van der Waals surface area contributed by atoms with Crippen LogP contribution in [-0.2, 0) is 4.79 Å². The lowest BCUT2D eigenvalue weighted by atomic mass is 9.84. The molecule has 3 aliphatic rings. The third-order valence-corrected chi connectivity index (χ3v) is 5.11. The van der Waals surface area contributed by atoms with Crippen molar-refractivity contribution in [1.29, 1.82) is 0 Å². The van der Waals surface area contributed by atoms with Crippen LogP contribution in [0.1, 0.15) is 18.6 Å². The molecule has 4 heterocycles. The van der Waals surface area contributed by atoms with Crippen molar-refractivity contribution in [2.75, 3.05) is 13.1 Å². The van der Waals surface area contributed by atoms with Crippen LogP contribution in [0.25, 0.3) is 17.4 Å². The molecule has 2 bridgehead atoms. The van der Waals surface area contributed by atoms with E-state index in [9.17, 15) is 4.79 Å².